The number of carbonyl (C=O) groups is 1. The molecule has 0 saturated carbocycles. The fourth-order valence-corrected chi connectivity index (χ4v) is 5.06. The van der Waals surface area contributed by atoms with Crippen molar-refractivity contribution in [1.82, 2.24) is 19.6 Å². The Kier molecular flexibility index (Phi) is 8.79. The molecule has 178 valence electrons. The fraction of sp³-hybridized carbons (Fsp3) is 0.720. The molecule has 0 N–H and O–H groups in total. The van der Waals surface area contributed by atoms with Crippen LogP contribution in [0.25, 0.3) is 0 Å². The summed E-state index contributed by atoms with van der Waals surface area (Å²) >= 11 is 0. The molecule has 3 aliphatic heterocycles. The lowest BCUT2D eigenvalue weighted by molar-refractivity contribution is -0.134. The second kappa shape index (κ2) is 12.0. The van der Waals surface area contributed by atoms with Gasteiger partial charge in [0.15, 0.2) is 0 Å². The Morgan fingerprint density at radius 1 is 0.906 bits per heavy atom. The molecular weight excluding hydrogens is 404 g/mol. The molecule has 0 aromatic heterocycles. The number of benzene rings is 1. The minimum Gasteiger partial charge on any atom is -0.497 e. The highest BCUT2D eigenvalue weighted by Gasteiger charge is 2.26. The predicted octanol–water partition coefficient (Wildman–Crippen LogP) is 1.77. The van der Waals surface area contributed by atoms with E-state index in [9.17, 15) is 4.79 Å². The summed E-state index contributed by atoms with van der Waals surface area (Å²) in [6.07, 6.45) is 3.75. The van der Waals surface area contributed by atoms with E-state index in [1.807, 2.05) is 12.1 Å². The van der Waals surface area contributed by atoms with Gasteiger partial charge in [-0.2, -0.15) is 0 Å². The summed E-state index contributed by atoms with van der Waals surface area (Å²) in [5.74, 6) is 2.01. The highest BCUT2D eigenvalue weighted by Crippen LogP contribution is 2.21. The van der Waals surface area contributed by atoms with Gasteiger partial charge in [-0.25, -0.2) is 0 Å². The van der Waals surface area contributed by atoms with Gasteiger partial charge in [0.2, 0.25) is 5.91 Å². The van der Waals surface area contributed by atoms with Gasteiger partial charge in [-0.1, -0.05) is 12.1 Å². The number of ether oxygens (including phenoxy) is 2. The lowest BCUT2D eigenvalue weighted by Gasteiger charge is -2.37. The highest BCUT2D eigenvalue weighted by atomic mass is 16.5. The average molecular weight is 445 g/mol. The van der Waals surface area contributed by atoms with Crippen LogP contribution in [-0.2, 0) is 16.1 Å². The van der Waals surface area contributed by atoms with Gasteiger partial charge in [-0.15, -0.1) is 0 Å². The van der Waals surface area contributed by atoms with Crippen LogP contribution in [0.3, 0.4) is 0 Å². The third-order valence-electron chi connectivity index (χ3n) is 7.31. The van der Waals surface area contributed by atoms with Crippen LogP contribution in [0.2, 0.25) is 0 Å². The quantitative estimate of drug-likeness (QED) is 0.609. The molecular formula is C25H40N4O3. The molecule has 0 unspecified atom stereocenters. The Hall–Kier alpha value is -1.67. The molecule has 3 heterocycles. The molecule has 0 radical (unpaired) electrons. The van der Waals surface area contributed by atoms with Crippen molar-refractivity contribution < 1.29 is 14.3 Å². The monoisotopic (exact) mass is 444 g/mol. The minimum absolute atomic E-state index is 0.306. The molecule has 7 heteroatoms. The maximum absolute atomic E-state index is 12.8. The van der Waals surface area contributed by atoms with E-state index >= 15 is 0 Å². The molecule has 3 aliphatic rings. The Labute approximate surface area is 193 Å². The van der Waals surface area contributed by atoms with Crippen LogP contribution in [0.4, 0.5) is 0 Å². The predicted molar refractivity (Wildman–Crippen MR) is 126 cm³/mol. The van der Waals surface area contributed by atoms with E-state index in [4.69, 9.17) is 9.47 Å². The Bertz CT molecular complexity index is 692. The molecule has 1 aromatic carbocycles. The first-order valence-corrected chi connectivity index (χ1v) is 12.3. The molecule has 32 heavy (non-hydrogen) atoms. The largest absolute Gasteiger partial charge is 0.497 e. The fourth-order valence-electron chi connectivity index (χ4n) is 5.06. The number of piperazine rings is 1. The van der Waals surface area contributed by atoms with E-state index in [0.29, 0.717) is 12.5 Å². The van der Waals surface area contributed by atoms with E-state index in [2.05, 4.69) is 31.7 Å². The first-order valence-electron chi connectivity index (χ1n) is 12.3. The summed E-state index contributed by atoms with van der Waals surface area (Å²) < 4.78 is 10.7. The number of morpholine rings is 1. The van der Waals surface area contributed by atoms with E-state index in [1.165, 1.54) is 31.4 Å². The van der Waals surface area contributed by atoms with Crippen molar-refractivity contribution in [2.75, 3.05) is 85.8 Å². The molecule has 1 amide bonds. The molecule has 7 nitrogen and oxygen atoms in total. The summed E-state index contributed by atoms with van der Waals surface area (Å²) in [7, 11) is 1.69. The second-order valence-electron chi connectivity index (χ2n) is 9.47. The molecule has 1 aromatic rings. The first-order chi connectivity index (χ1) is 15.7. The third kappa shape index (κ3) is 6.91. The molecule has 0 aliphatic carbocycles. The number of piperidine rings is 1. The number of nitrogens with zero attached hydrogens (tertiary/aromatic N) is 4. The van der Waals surface area contributed by atoms with Crippen molar-refractivity contribution in [3.05, 3.63) is 29.8 Å². The number of hydrogen-bond acceptors (Lipinski definition) is 6. The van der Waals surface area contributed by atoms with Gasteiger partial charge in [0, 0.05) is 45.8 Å². The van der Waals surface area contributed by atoms with Gasteiger partial charge in [0.25, 0.3) is 0 Å². The maximum Gasteiger partial charge on any atom is 0.236 e. The zero-order valence-electron chi connectivity index (χ0n) is 19.7. The number of hydrogen-bond donors (Lipinski definition) is 0. The third-order valence-corrected chi connectivity index (χ3v) is 7.31. The summed E-state index contributed by atoms with van der Waals surface area (Å²) in [5.41, 5.74) is 1.29. The van der Waals surface area contributed by atoms with E-state index in [-0.39, 0.29) is 0 Å². The molecule has 0 atom stereocenters. The average Bonchev–Trinajstić information content (AvgIpc) is 2.85. The van der Waals surface area contributed by atoms with E-state index in [1.54, 1.807) is 7.11 Å². The SMILES string of the molecule is COc1ccc(CN2CCN(C(=O)CN3CCC(CCN4CCOCC4)CC3)CC2)cc1. The van der Waals surface area contributed by atoms with Crippen LogP contribution in [0, 0.1) is 5.92 Å². The van der Waals surface area contributed by atoms with Crippen molar-refractivity contribution in [3.63, 3.8) is 0 Å². The second-order valence-corrected chi connectivity index (χ2v) is 9.47. The van der Waals surface area contributed by atoms with Gasteiger partial charge in [0.05, 0.1) is 26.9 Å². The minimum atomic E-state index is 0.306. The standard InChI is InChI=1S/C25H40N4O3/c1-31-24-4-2-23(3-5-24)20-28-12-14-29(15-13-28)25(30)21-27-10-7-22(8-11-27)6-9-26-16-18-32-19-17-26/h2-5,22H,6-21H2,1H3. The molecule has 3 fully saturated rings. The number of likely N-dealkylation sites (tertiary alicyclic amines) is 1. The topological polar surface area (TPSA) is 48.5 Å². The first kappa shape index (κ1) is 23.5. The smallest absolute Gasteiger partial charge is 0.236 e. The number of rotatable bonds is 8. The van der Waals surface area contributed by atoms with Crippen LogP contribution < -0.4 is 4.74 Å². The van der Waals surface area contributed by atoms with E-state index in [0.717, 1.165) is 83.8 Å². The Morgan fingerprint density at radius 2 is 1.59 bits per heavy atom. The highest BCUT2D eigenvalue weighted by molar-refractivity contribution is 5.78. The van der Waals surface area contributed by atoms with Gasteiger partial charge >= 0.3 is 0 Å². The summed E-state index contributed by atoms with van der Waals surface area (Å²) in [5, 5.41) is 0. The number of carbonyl (C=O) groups excluding carboxylic acids is 1. The number of methoxy groups -OCH3 is 1. The number of amides is 1. The van der Waals surface area contributed by atoms with Crippen molar-refractivity contribution in [2.24, 2.45) is 5.92 Å². The Morgan fingerprint density at radius 3 is 2.25 bits per heavy atom. The van der Waals surface area contributed by atoms with Crippen molar-refractivity contribution in [1.29, 1.82) is 0 Å². The summed E-state index contributed by atoms with van der Waals surface area (Å²) in [6, 6.07) is 8.28. The maximum atomic E-state index is 12.8. The van der Waals surface area contributed by atoms with Gasteiger partial charge in [0.1, 0.15) is 5.75 Å². The molecule has 3 saturated heterocycles. The normalized spacial score (nSPS) is 22.2. The van der Waals surface area contributed by atoms with Crippen LogP contribution >= 0.6 is 0 Å². The van der Waals surface area contributed by atoms with Crippen LogP contribution in [0.15, 0.2) is 24.3 Å². The molecule has 0 spiro atoms. The summed E-state index contributed by atoms with van der Waals surface area (Å²) in [6.45, 7) is 12.4. The van der Waals surface area contributed by atoms with Gasteiger partial charge < -0.3 is 14.4 Å². The van der Waals surface area contributed by atoms with E-state index < -0.39 is 0 Å². The van der Waals surface area contributed by atoms with Crippen LogP contribution in [0.1, 0.15) is 24.8 Å². The summed E-state index contributed by atoms with van der Waals surface area (Å²) in [4.78, 5) is 22.3. The zero-order chi connectivity index (χ0) is 22.2. The van der Waals surface area contributed by atoms with Gasteiger partial charge in [-0.05, 0) is 62.5 Å². The van der Waals surface area contributed by atoms with Crippen molar-refractivity contribution in [2.45, 2.75) is 25.8 Å². The van der Waals surface area contributed by atoms with Crippen molar-refractivity contribution >= 4 is 5.91 Å². The van der Waals surface area contributed by atoms with Gasteiger partial charge in [-0.3, -0.25) is 19.5 Å². The van der Waals surface area contributed by atoms with Crippen molar-refractivity contribution in [3.8, 4) is 5.75 Å². The Balaban J connectivity index is 1.11. The lowest BCUT2D eigenvalue weighted by atomic mass is 9.93. The zero-order valence-corrected chi connectivity index (χ0v) is 19.7. The lowest BCUT2D eigenvalue weighted by Crippen LogP contribution is -2.51. The molecule has 4 rings (SSSR count). The van der Waals surface area contributed by atoms with Crippen LogP contribution in [-0.4, -0.2) is 111 Å². The molecule has 0 bridgehead atoms. The van der Waals surface area contributed by atoms with Crippen LogP contribution in [0.5, 0.6) is 5.75 Å².